The van der Waals surface area contributed by atoms with Crippen molar-refractivity contribution in [3.8, 4) is 5.75 Å². The lowest BCUT2D eigenvalue weighted by Crippen LogP contribution is -2.41. The molecule has 122 valence electrons. The number of aromatic nitrogens is 2. The molecule has 1 aliphatic heterocycles. The SMILES string of the molecule is CCc1[nH]cnc1C(=O)NC1CC(C)(C)Oc2cc(F)ccc21. The first-order chi connectivity index (χ1) is 10.9. The van der Waals surface area contributed by atoms with Gasteiger partial charge >= 0.3 is 0 Å². The average molecular weight is 317 g/mol. The fourth-order valence-electron chi connectivity index (χ4n) is 2.97. The van der Waals surface area contributed by atoms with Crippen molar-refractivity contribution in [1.82, 2.24) is 15.3 Å². The number of ether oxygens (including phenoxy) is 1. The highest BCUT2D eigenvalue weighted by molar-refractivity contribution is 5.93. The Kier molecular flexibility index (Phi) is 3.83. The number of halogens is 1. The number of hydrogen-bond acceptors (Lipinski definition) is 3. The molecule has 0 bridgehead atoms. The first-order valence-electron chi connectivity index (χ1n) is 7.71. The number of carbonyl (C=O) groups is 1. The van der Waals surface area contributed by atoms with E-state index >= 15 is 0 Å². The first-order valence-corrected chi connectivity index (χ1v) is 7.71. The summed E-state index contributed by atoms with van der Waals surface area (Å²) in [7, 11) is 0. The maximum Gasteiger partial charge on any atom is 0.272 e. The lowest BCUT2D eigenvalue weighted by atomic mass is 9.89. The monoisotopic (exact) mass is 317 g/mol. The highest BCUT2D eigenvalue weighted by atomic mass is 19.1. The van der Waals surface area contributed by atoms with E-state index in [9.17, 15) is 9.18 Å². The molecular weight excluding hydrogens is 297 g/mol. The van der Waals surface area contributed by atoms with Crippen LogP contribution in [0.15, 0.2) is 24.5 Å². The van der Waals surface area contributed by atoms with Crippen molar-refractivity contribution in [3.63, 3.8) is 0 Å². The van der Waals surface area contributed by atoms with Gasteiger partial charge in [-0.25, -0.2) is 9.37 Å². The Labute approximate surface area is 134 Å². The molecule has 1 unspecified atom stereocenters. The van der Waals surface area contributed by atoms with Crippen molar-refractivity contribution in [2.75, 3.05) is 0 Å². The molecule has 5 nitrogen and oxygen atoms in total. The Morgan fingerprint density at radius 1 is 1.52 bits per heavy atom. The van der Waals surface area contributed by atoms with Gasteiger partial charge in [0.2, 0.25) is 0 Å². The van der Waals surface area contributed by atoms with E-state index in [0.29, 0.717) is 24.3 Å². The fourth-order valence-corrected chi connectivity index (χ4v) is 2.97. The number of carbonyl (C=O) groups excluding carboxylic acids is 1. The molecule has 23 heavy (non-hydrogen) atoms. The highest BCUT2D eigenvalue weighted by Crippen LogP contribution is 2.39. The summed E-state index contributed by atoms with van der Waals surface area (Å²) in [5, 5.41) is 3.00. The van der Waals surface area contributed by atoms with Crippen LogP contribution in [0.3, 0.4) is 0 Å². The van der Waals surface area contributed by atoms with Crippen molar-refractivity contribution in [2.45, 2.75) is 45.3 Å². The van der Waals surface area contributed by atoms with Crippen molar-refractivity contribution < 1.29 is 13.9 Å². The van der Waals surface area contributed by atoms with E-state index in [1.807, 2.05) is 20.8 Å². The Morgan fingerprint density at radius 3 is 3.04 bits per heavy atom. The van der Waals surface area contributed by atoms with E-state index in [4.69, 9.17) is 4.74 Å². The Balaban J connectivity index is 1.89. The van der Waals surface area contributed by atoms with Gasteiger partial charge in [-0.3, -0.25) is 4.79 Å². The third-order valence-electron chi connectivity index (χ3n) is 4.03. The molecule has 1 atom stereocenters. The first kappa shape index (κ1) is 15.5. The van der Waals surface area contributed by atoms with Gasteiger partial charge in [0.25, 0.3) is 5.91 Å². The van der Waals surface area contributed by atoms with Crippen molar-refractivity contribution >= 4 is 5.91 Å². The third kappa shape index (κ3) is 3.06. The number of amides is 1. The fraction of sp³-hybridized carbons (Fsp3) is 0.412. The molecule has 1 aromatic carbocycles. The van der Waals surface area contributed by atoms with E-state index in [-0.39, 0.29) is 17.8 Å². The molecule has 0 fully saturated rings. The summed E-state index contributed by atoms with van der Waals surface area (Å²) in [5.74, 6) is -0.113. The van der Waals surface area contributed by atoms with Gasteiger partial charge in [-0.2, -0.15) is 0 Å². The molecule has 1 aliphatic rings. The maximum atomic E-state index is 13.5. The average Bonchev–Trinajstić information content (AvgIpc) is 2.93. The number of aromatic amines is 1. The Hall–Kier alpha value is -2.37. The van der Waals surface area contributed by atoms with Gasteiger partial charge in [0.1, 0.15) is 22.9 Å². The van der Waals surface area contributed by atoms with Crippen LogP contribution in [0.25, 0.3) is 0 Å². The van der Waals surface area contributed by atoms with E-state index in [0.717, 1.165) is 11.3 Å². The number of hydrogen-bond donors (Lipinski definition) is 2. The summed E-state index contributed by atoms with van der Waals surface area (Å²) >= 11 is 0. The van der Waals surface area contributed by atoms with Crippen molar-refractivity contribution in [3.05, 3.63) is 47.3 Å². The molecule has 3 rings (SSSR count). The number of fused-ring (bicyclic) bond motifs is 1. The molecule has 2 N–H and O–H groups in total. The van der Waals surface area contributed by atoms with Crippen LogP contribution in [-0.4, -0.2) is 21.5 Å². The van der Waals surface area contributed by atoms with Gasteiger partial charge in [0.05, 0.1) is 12.4 Å². The summed E-state index contributed by atoms with van der Waals surface area (Å²) in [5.41, 5.74) is 1.50. The number of nitrogens with one attached hydrogen (secondary N) is 2. The van der Waals surface area contributed by atoms with E-state index in [1.54, 1.807) is 6.07 Å². The van der Waals surface area contributed by atoms with Crippen LogP contribution < -0.4 is 10.1 Å². The molecule has 0 saturated heterocycles. The zero-order valence-corrected chi connectivity index (χ0v) is 13.4. The number of benzene rings is 1. The predicted octanol–water partition coefficient (Wildman–Crippen LogP) is 3.14. The van der Waals surface area contributed by atoms with Crippen LogP contribution in [-0.2, 0) is 6.42 Å². The predicted molar refractivity (Wildman–Crippen MR) is 83.9 cm³/mol. The molecule has 0 radical (unpaired) electrons. The normalized spacial score (nSPS) is 18.9. The van der Waals surface area contributed by atoms with Gasteiger partial charge in [-0.15, -0.1) is 0 Å². The van der Waals surface area contributed by atoms with Gasteiger partial charge in [-0.1, -0.05) is 13.0 Å². The molecule has 1 aromatic heterocycles. The van der Waals surface area contributed by atoms with Gasteiger partial charge < -0.3 is 15.0 Å². The second-order valence-electron chi connectivity index (χ2n) is 6.36. The van der Waals surface area contributed by atoms with Crippen molar-refractivity contribution in [2.24, 2.45) is 0 Å². The number of nitrogens with zero attached hydrogens (tertiary/aromatic N) is 1. The van der Waals surface area contributed by atoms with E-state index in [2.05, 4.69) is 15.3 Å². The van der Waals surface area contributed by atoms with Crippen LogP contribution in [0.1, 0.15) is 55.0 Å². The minimum absolute atomic E-state index is 0.235. The van der Waals surface area contributed by atoms with Crippen molar-refractivity contribution in [1.29, 1.82) is 0 Å². The highest BCUT2D eigenvalue weighted by Gasteiger charge is 2.35. The quantitative estimate of drug-likeness (QED) is 0.914. The Bertz CT molecular complexity index is 739. The van der Waals surface area contributed by atoms with Crippen LogP contribution in [0.2, 0.25) is 0 Å². The van der Waals surface area contributed by atoms with E-state index in [1.165, 1.54) is 18.5 Å². The van der Waals surface area contributed by atoms with Gasteiger partial charge in [0, 0.05) is 23.7 Å². The molecule has 2 aromatic rings. The molecule has 0 spiro atoms. The topological polar surface area (TPSA) is 67.0 Å². The Morgan fingerprint density at radius 2 is 2.30 bits per heavy atom. The molecule has 0 saturated carbocycles. The molecule has 6 heteroatoms. The number of H-pyrrole nitrogens is 1. The van der Waals surface area contributed by atoms with Crippen LogP contribution in [0.4, 0.5) is 4.39 Å². The zero-order valence-electron chi connectivity index (χ0n) is 13.4. The van der Waals surface area contributed by atoms with Crippen LogP contribution >= 0.6 is 0 Å². The number of imidazole rings is 1. The molecular formula is C17H20FN3O2. The molecule has 0 aliphatic carbocycles. The second kappa shape index (κ2) is 5.68. The van der Waals surface area contributed by atoms with Crippen LogP contribution in [0, 0.1) is 5.82 Å². The number of aryl methyl sites for hydroxylation is 1. The summed E-state index contributed by atoms with van der Waals surface area (Å²) in [6.07, 6.45) is 2.82. The third-order valence-corrected chi connectivity index (χ3v) is 4.03. The lowest BCUT2D eigenvalue weighted by molar-refractivity contribution is 0.0614. The second-order valence-corrected chi connectivity index (χ2v) is 6.36. The van der Waals surface area contributed by atoms with Gasteiger partial charge in [0.15, 0.2) is 0 Å². The molecule has 1 amide bonds. The zero-order chi connectivity index (χ0) is 16.6. The minimum Gasteiger partial charge on any atom is -0.487 e. The number of rotatable bonds is 3. The molecule has 2 heterocycles. The standard InChI is InChI=1S/C17H20FN3O2/c1-4-12-15(20-9-19-12)16(22)21-13-8-17(2,3)23-14-7-10(18)5-6-11(13)14/h5-7,9,13H,4,8H2,1-3H3,(H,19,20)(H,21,22). The lowest BCUT2D eigenvalue weighted by Gasteiger charge is -2.37. The maximum absolute atomic E-state index is 13.5. The van der Waals surface area contributed by atoms with E-state index < -0.39 is 5.60 Å². The summed E-state index contributed by atoms with van der Waals surface area (Å²) in [4.78, 5) is 19.6. The summed E-state index contributed by atoms with van der Waals surface area (Å²) in [6.45, 7) is 5.80. The summed E-state index contributed by atoms with van der Waals surface area (Å²) < 4.78 is 19.3. The summed E-state index contributed by atoms with van der Waals surface area (Å²) in [6, 6.07) is 4.16. The van der Waals surface area contributed by atoms with Crippen LogP contribution in [0.5, 0.6) is 5.75 Å². The van der Waals surface area contributed by atoms with Gasteiger partial charge in [-0.05, 0) is 26.3 Å². The minimum atomic E-state index is -0.488. The smallest absolute Gasteiger partial charge is 0.272 e. The largest absolute Gasteiger partial charge is 0.487 e.